The van der Waals surface area contributed by atoms with E-state index >= 15 is 0 Å². The van der Waals surface area contributed by atoms with E-state index in [2.05, 4.69) is 34.6 Å². The molecule has 0 amide bonds. The fourth-order valence-electron chi connectivity index (χ4n) is 2.79. The van der Waals surface area contributed by atoms with E-state index in [0.29, 0.717) is 18.8 Å². The predicted molar refractivity (Wildman–Crippen MR) is 127 cm³/mol. The minimum atomic E-state index is -0.677. The minimum Gasteiger partial charge on any atom is -0.481 e. The molecule has 7 heteroatoms. The molecule has 0 bridgehead atoms. The topological polar surface area (TPSA) is 112 Å². The summed E-state index contributed by atoms with van der Waals surface area (Å²) in [4.78, 5) is 30.6. The van der Waals surface area contributed by atoms with Crippen molar-refractivity contribution >= 4 is 17.9 Å². The Labute approximate surface area is 230 Å². The Morgan fingerprint density at radius 3 is 1.34 bits per heavy atom. The van der Waals surface area contributed by atoms with Gasteiger partial charge in [0.05, 0.1) is 5.92 Å². The Balaban J connectivity index is -0.000000181. The number of hydrogen-bond acceptors (Lipinski definition) is 3. The predicted octanol–water partition coefficient (Wildman–Crippen LogP) is 7.25. The zero-order valence-corrected chi connectivity index (χ0v) is 24.6. The van der Waals surface area contributed by atoms with Gasteiger partial charge in [-0.25, -0.2) is 0 Å². The Hall–Kier alpha value is -0.213. The molecule has 0 saturated heterocycles. The summed E-state index contributed by atoms with van der Waals surface area (Å²) < 4.78 is 0. The molecule has 1 atom stereocenters. The maximum Gasteiger partial charge on any atom is 0.306 e. The van der Waals surface area contributed by atoms with Crippen LogP contribution in [0.4, 0.5) is 0 Å². The summed E-state index contributed by atoms with van der Waals surface area (Å²) in [7, 11) is 0. The van der Waals surface area contributed by atoms with E-state index < -0.39 is 17.9 Å². The van der Waals surface area contributed by atoms with Gasteiger partial charge in [-0.2, -0.15) is 0 Å². The Bertz CT molecular complexity index is 438. The van der Waals surface area contributed by atoms with Crippen molar-refractivity contribution in [2.75, 3.05) is 0 Å². The molecule has 1 unspecified atom stereocenters. The third kappa shape index (κ3) is 40.2. The Morgan fingerprint density at radius 1 is 0.625 bits per heavy atom. The van der Waals surface area contributed by atoms with Gasteiger partial charge in [0.15, 0.2) is 0 Å². The molecule has 0 aromatic carbocycles. The molecule has 0 spiro atoms. The summed E-state index contributed by atoms with van der Waals surface area (Å²) in [5.41, 5.74) is 0. The third-order valence-electron chi connectivity index (χ3n) is 4.84. The summed E-state index contributed by atoms with van der Waals surface area (Å²) in [5, 5.41) is 25.2. The molecular weight excluding hydrogens is 536 g/mol. The first-order valence-corrected chi connectivity index (χ1v) is 12.1. The fourth-order valence-corrected chi connectivity index (χ4v) is 2.79. The standard InChI is InChI=1S/C9H18O2.2C8H16O2.Ce/c1-8(2)6-4-3-5-7-9(10)11;1-7(2)5-3-4-6-8(9)10;1-3-5-6-7(4-2)8(9)10;/h8H,3-7H2,1-2H3,(H,10,11);2*7H,3-6H2,1-2H3,(H,9,10);. The molecule has 0 aliphatic carbocycles. The average molecular weight is 587 g/mol. The van der Waals surface area contributed by atoms with Gasteiger partial charge in [-0.15, -0.1) is 0 Å². The molecule has 6 nitrogen and oxygen atoms in total. The molecule has 0 aliphatic rings. The number of hydrogen-bond donors (Lipinski definition) is 3. The number of carboxylic acid groups (broad SMARTS) is 3. The van der Waals surface area contributed by atoms with Crippen LogP contribution in [-0.4, -0.2) is 33.2 Å². The van der Waals surface area contributed by atoms with Crippen molar-refractivity contribution in [3.8, 4) is 0 Å². The molecule has 0 heterocycles. The first kappa shape index (κ1) is 39.0. The molecule has 32 heavy (non-hydrogen) atoms. The Kier molecular flexibility index (Phi) is 35.1. The molecule has 3 N–H and O–H groups in total. The van der Waals surface area contributed by atoms with Gasteiger partial charge < -0.3 is 15.3 Å². The van der Waals surface area contributed by atoms with Crippen LogP contribution in [-0.2, 0) is 14.4 Å². The van der Waals surface area contributed by atoms with Crippen molar-refractivity contribution in [1.82, 2.24) is 0 Å². The van der Waals surface area contributed by atoms with Gasteiger partial charge in [0.1, 0.15) is 0 Å². The van der Waals surface area contributed by atoms with E-state index in [9.17, 15) is 14.4 Å². The third-order valence-corrected chi connectivity index (χ3v) is 4.84. The SMILES string of the molecule is CC(C)CCCCC(=O)O.CC(C)CCCCCC(=O)O.CCCCC(CC)C(=O)O.[Ce]. The average Bonchev–Trinajstić information content (AvgIpc) is 2.65. The summed E-state index contributed by atoms with van der Waals surface area (Å²) in [6.45, 7) is 12.7. The van der Waals surface area contributed by atoms with Gasteiger partial charge in [0.25, 0.3) is 0 Å². The summed E-state index contributed by atoms with van der Waals surface area (Å²) in [6.07, 6.45) is 11.7. The smallest absolute Gasteiger partial charge is 0.306 e. The van der Waals surface area contributed by atoms with E-state index in [1.54, 1.807) is 0 Å². The van der Waals surface area contributed by atoms with Crippen molar-refractivity contribution in [1.29, 1.82) is 0 Å². The second-order valence-corrected chi connectivity index (χ2v) is 9.01. The van der Waals surface area contributed by atoms with Crippen molar-refractivity contribution < 1.29 is 71.5 Å². The summed E-state index contributed by atoms with van der Waals surface area (Å²) in [6, 6.07) is 0. The second-order valence-electron chi connectivity index (χ2n) is 9.01. The van der Waals surface area contributed by atoms with E-state index in [4.69, 9.17) is 15.3 Å². The summed E-state index contributed by atoms with van der Waals surface area (Å²) >= 11 is 0. The van der Waals surface area contributed by atoms with Crippen LogP contribution in [0, 0.1) is 59.5 Å². The van der Waals surface area contributed by atoms with E-state index in [0.717, 1.165) is 63.7 Å². The van der Waals surface area contributed by atoms with Gasteiger partial charge in [0, 0.05) is 54.6 Å². The van der Waals surface area contributed by atoms with Crippen molar-refractivity contribution in [3.63, 3.8) is 0 Å². The number of carboxylic acids is 3. The molecule has 0 rings (SSSR count). The molecule has 0 saturated carbocycles. The molecule has 190 valence electrons. The number of rotatable bonds is 16. The van der Waals surface area contributed by atoms with Crippen molar-refractivity contribution in [2.45, 2.75) is 125 Å². The monoisotopic (exact) mass is 586 g/mol. The first-order chi connectivity index (χ1) is 14.5. The minimum absolute atomic E-state index is 0. The fraction of sp³-hybridized carbons (Fsp3) is 0.880. The van der Waals surface area contributed by atoms with E-state index in [1.165, 1.54) is 12.8 Å². The van der Waals surface area contributed by atoms with Crippen molar-refractivity contribution in [2.24, 2.45) is 17.8 Å². The normalized spacial score (nSPS) is 10.9. The Morgan fingerprint density at radius 2 is 1.03 bits per heavy atom. The molecule has 0 aromatic heterocycles. The van der Waals surface area contributed by atoms with Crippen LogP contribution in [0.5, 0.6) is 0 Å². The molecule has 0 aromatic rings. The molecule has 0 radical (unpaired) electrons. The second kappa shape index (κ2) is 28.8. The van der Waals surface area contributed by atoms with Gasteiger partial charge in [-0.05, 0) is 37.5 Å². The number of aliphatic carboxylic acids is 3. The van der Waals surface area contributed by atoms with Crippen LogP contribution in [0.1, 0.15) is 125 Å². The van der Waals surface area contributed by atoms with Gasteiger partial charge in [-0.3, -0.25) is 14.4 Å². The van der Waals surface area contributed by atoms with Crippen LogP contribution in [0.15, 0.2) is 0 Å². The van der Waals surface area contributed by atoms with E-state index in [1.807, 2.05) is 6.92 Å². The zero-order valence-electron chi connectivity index (χ0n) is 21.5. The van der Waals surface area contributed by atoms with Crippen molar-refractivity contribution in [3.05, 3.63) is 0 Å². The van der Waals surface area contributed by atoms with Crippen LogP contribution in [0.3, 0.4) is 0 Å². The maximum absolute atomic E-state index is 10.4. The number of carbonyl (C=O) groups is 3. The van der Waals surface area contributed by atoms with E-state index in [-0.39, 0.29) is 47.7 Å². The summed E-state index contributed by atoms with van der Waals surface area (Å²) in [5.74, 6) is -0.650. The molecule has 0 fully saturated rings. The molecular formula is C25H50CeO6. The first-order valence-electron chi connectivity index (χ1n) is 12.1. The largest absolute Gasteiger partial charge is 0.481 e. The van der Waals surface area contributed by atoms with Gasteiger partial charge in [0.2, 0.25) is 0 Å². The number of unbranched alkanes of at least 4 members (excludes halogenated alkanes) is 4. The van der Waals surface area contributed by atoms with Crippen LogP contribution in [0.25, 0.3) is 0 Å². The zero-order chi connectivity index (χ0) is 24.7. The van der Waals surface area contributed by atoms with Crippen LogP contribution >= 0.6 is 0 Å². The van der Waals surface area contributed by atoms with Gasteiger partial charge >= 0.3 is 17.9 Å². The molecule has 0 aliphatic heterocycles. The quantitative estimate of drug-likeness (QED) is 0.164. The maximum atomic E-state index is 10.4. The van der Waals surface area contributed by atoms with Gasteiger partial charge in [-0.1, -0.05) is 86.5 Å². The van der Waals surface area contributed by atoms with Crippen LogP contribution < -0.4 is 0 Å². The van der Waals surface area contributed by atoms with Crippen LogP contribution in [0.2, 0.25) is 0 Å².